The van der Waals surface area contributed by atoms with Crippen molar-refractivity contribution < 1.29 is 14.4 Å². The lowest BCUT2D eigenvalue weighted by atomic mass is 10.1. The first-order valence-electron chi connectivity index (χ1n) is 9.44. The molecule has 0 aliphatic carbocycles. The van der Waals surface area contributed by atoms with E-state index in [0.717, 1.165) is 42.2 Å². The molecular formula is C19H29N5O3. The van der Waals surface area contributed by atoms with Gasteiger partial charge in [0.15, 0.2) is 0 Å². The molecule has 3 heterocycles. The second-order valence-corrected chi connectivity index (χ2v) is 7.53. The summed E-state index contributed by atoms with van der Waals surface area (Å²) in [6.07, 6.45) is 1.31. The number of fused-ring (bicyclic) bond motifs is 1. The van der Waals surface area contributed by atoms with Gasteiger partial charge in [0.1, 0.15) is 11.9 Å². The third-order valence-corrected chi connectivity index (χ3v) is 5.04. The van der Waals surface area contributed by atoms with Gasteiger partial charge >= 0.3 is 0 Å². The number of aryl methyl sites for hydroxylation is 3. The highest BCUT2D eigenvalue weighted by atomic mass is 16.5. The molecule has 0 unspecified atom stereocenters. The molecule has 0 saturated heterocycles. The Labute approximate surface area is 159 Å². The number of carbonyl (C=O) groups is 1. The van der Waals surface area contributed by atoms with Gasteiger partial charge in [-0.15, -0.1) is 0 Å². The summed E-state index contributed by atoms with van der Waals surface area (Å²) in [5, 5.41) is 18.8. The van der Waals surface area contributed by atoms with Crippen molar-refractivity contribution in [2.24, 2.45) is 0 Å². The van der Waals surface area contributed by atoms with Crippen LogP contribution >= 0.6 is 0 Å². The number of carbonyl (C=O) groups excluding carboxylic acids is 1. The van der Waals surface area contributed by atoms with Crippen molar-refractivity contribution in [3.63, 3.8) is 0 Å². The van der Waals surface area contributed by atoms with E-state index in [0.29, 0.717) is 31.6 Å². The molecule has 8 heteroatoms. The van der Waals surface area contributed by atoms with E-state index in [2.05, 4.69) is 10.3 Å². The molecule has 2 aromatic rings. The maximum Gasteiger partial charge on any atom is 0.223 e. The molecule has 0 spiro atoms. The van der Waals surface area contributed by atoms with Crippen LogP contribution in [0.3, 0.4) is 0 Å². The summed E-state index contributed by atoms with van der Waals surface area (Å²) in [6, 6.07) is 1.92. The minimum absolute atomic E-state index is 0.125. The van der Waals surface area contributed by atoms with Crippen LogP contribution < -0.4 is 0 Å². The van der Waals surface area contributed by atoms with Gasteiger partial charge in [0.05, 0.1) is 23.6 Å². The zero-order chi connectivity index (χ0) is 19.6. The molecule has 0 radical (unpaired) electrons. The topological polar surface area (TPSA) is 87.6 Å². The highest BCUT2D eigenvalue weighted by Crippen LogP contribution is 2.20. The van der Waals surface area contributed by atoms with Crippen LogP contribution in [0.15, 0.2) is 10.6 Å². The minimum Gasteiger partial charge on any atom is -0.385 e. The molecule has 1 N–H and O–H groups in total. The molecule has 3 rings (SSSR count). The second kappa shape index (κ2) is 8.22. The molecule has 8 nitrogen and oxygen atoms in total. The van der Waals surface area contributed by atoms with Crippen molar-refractivity contribution in [3.05, 3.63) is 34.5 Å². The van der Waals surface area contributed by atoms with Crippen LogP contribution in [0.4, 0.5) is 0 Å². The first-order valence-corrected chi connectivity index (χ1v) is 9.44. The van der Waals surface area contributed by atoms with Crippen LogP contribution in [0, 0.1) is 13.8 Å². The molecule has 1 aliphatic rings. The number of aliphatic hydroxyl groups excluding tert-OH is 1. The van der Waals surface area contributed by atoms with Crippen molar-refractivity contribution >= 4 is 5.91 Å². The van der Waals surface area contributed by atoms with Crippen LogP contribution in [0.25, 0.3) is 0 Å². The molecular weight excluding hydrogens is 346 g/mol. The van der Waals surface area contributed by atoms with E-state index >= 15 is 0 Å². The highest BCUT2D eigenvalue weighted by molar-refractivity contribution is 5.76. The molecule has 1 aliphatic heterocycles. The lowest BCUT2D eigenvalue weighted by Crippen LogP contribution is -2.31. The molecule has 148 valence electrons. The van der Waals surface area contributed by atoms with Gasteiger partial charge in [-0.1, -0.05) is 5.16 Å². The summed E-state index contributed by atoms with van der Waals surface area (Å²) in [7, 11) is 3.84. The SMILES string of the molecule is Cc1noc(C)c1CCC(=O)N1CCCn2nc([C@H](O)CN(C)C)cc2C1. The summed E-state index contributed by atoms with van der Waals surface area (Å²) < 4.78 is 7.10. The Balaban J connectivity index is 1.65. The molecule has 2 aromatic heterocycles. The van der Waals surface area contributed by atoms with Gasteiger partial charge < -0.3 is 19.4 Å². The molecule has 0 aromatic carbocycles. The van der Waals surface area contributed by atoms with Crippen molar-refractivity contribution in [1.29, 1.82) is 0 Å². The monoisotopic (exact) mass is 375 g/mol. The third-order valence-electron chi connectivity index (χ3n) is 5.04. The fourth-order valence-electron chi connectivity index (χ4n) is 3.55. The van der Waals surface area contributed by atoms with Gasteiger partial charge in [0.2, 0.25) is 5.91 Å². The number of aromatic nitrogens is 3. The third kappa shape index (κ3) is 4.56. The number of hydrogen-bond donors (Lipinski definition) is 1. The predicted molar refractivity (Wildman–Crippen MR) is 100 cm³/mol. The van der Waals surface area contributed by atoms with Crippen LogP contribution in [-0.2, 0) is 24.3 Å². The van der Waals surface area contributed by atoms with E-state index in [-0.39, 0.29) is 5.91 Å². The molecule has 0 bridgehead atoms. The van der Waals surface area contributed by atoms with Crippen molar-refractivity contribution in [2.75, 3.05) is 27.2 Å². The Morgan fingerprint density at radius 3 is 2.81 bits per heavy atom. The maximum absolute atomic E-state index is 12.8. The minimum atomic E-state index is -0.622. The van der Waals surface area contributed by atoms with Gasteiger partial charge in [-0.2, -0.15) is 5.10 Å². The zero-order valence-corrected chi connectivity index (χ0v) is 16.6. The Hall–Kier alpha value is -2.19. The van der Waals surface area contributed by atoms with Crippen LogP contribution in [0.5, 0.6) is 0 Å². The summed E-state index contributed by atoms with van der Waals surface area (Å²) in [5.41, 5.74) is 3.53. The van der Waals surface area contributed by atoms with Gasteiger partial charge in [-0.3, -0.25) is 9.48 Å². The molecule has 27 heavy (non-hydrogen) atoms. The average Bonchev–Trinajstić information content (AvgIpc) is 3.08. The van der Waals surface area contributed by atoms with Gasteiger partial charge in [0, 0.05) is 31.6 Å². The number of likely N-dealkylation sites (N-methyl/N-ethyl adjacent to an activating group) is 1. The van der Waals surface area contributed by atoms with Crippen molar-refractivity contribution in [2.45, 2.75) is 52.3 Å². The van der Waals surface area contributed by atoms with Crippen molar-refractivity contribution in [1.82, 2.24) is 24.7 Å². The normalized spacial score (nSPS) is 15.7. The fourth-order valence-corrected chi connectivity index (χ4v) is 3.55. The lowest BCUT2D eigenvalue weighted by Gasteiger charge is -2.20. The molecule has 0 fully saturated rings. The number of hydrogen-bond acceptors (Lipinski definition) is 6. The van der Waals surface area contributed by atoms with E-state index in [1.165, 1.54) is 0 Å². The van der Waals surface area contributed by atoms with Crippen LogP contribution in [0.1, 0.15) is 47.4 Å². The largest absolute Gasteiger partial charge is 0.385 e. The number of nitrogens with zero attached hydrogens (tertiary/aromatic N) is 5. The number of aliphatic hydroxyl groups is 1. The first-order chi connectivity index (χ1) is 12.8. The lowest BCUT2D eigenvalue weighted by molar-refractivity contribution is -0.131. The number of rotatable bonds is 6. The van der Waals surface area contributed by atoms with Crippen LogP contribution in [-0.4, -0.2) is 62.9 Å². The zero-order valence-electron chi connectivity index (χ0n) is 16.6. The molecule has 1 amide bonds. The van der Waals surface area contributed by atoms with E-state index in [1.807, 2.05) is 48.5 Å². The average molecular weight is 375 g/mol. The van der Waals surface area contributed by atoms with E-state index in [1.54, 1.807) is 0 Å². The Kier molecular flexibility index (Phi) is 5.96. The Morgan fingerprint density at radius 2 is 2.15 bits per heavy atom. The number of amides is 1. The summed E-state index contributed by atoms with van der Waals surface area (Å²) in [4.78, 5) is 16.6. The van der Waals surface area contributed by atoms with Crippen LogP contribution in [0.2, 0.25) is 0 Å². The van der Waals surface area contributed by atoms with E-state index in [9.17, 15) is 9.90 Å². The molecule has 0 saturated carbocycles. The summed E-state index contributed by atoms with van der Waals surface area (Å²) >= 11 is 0. The molecule has 1 atom stereocenters. The van der Waals surface area contributed by atoms with Gasteiger partial charge in [-0.05, 0) is 46.9 Å². The highest BCUT2D eigenvalue weighted by Gasteiger charge is 2.23. The van der Waals surface area contributed by atoms with Gasteiger partial charge in [-0.25, -0.2) is 0 Å². The Morgan fingerprint density at radius 1 is 1.37 bits per heavy atom. The van der Waals surface area contributed by atoms with E-state index in [4.69, 9.17) is 4.52 Å². The summed E-state index contributed by atoms with van der Waals surface area (Å²) in [5.74, 6) is 0.911. The fraction of sp³-hybridized carbons (Fsp3) is 0.632. The summed E-state index contributed by atoms with van der Waals surface area (Å²) in [6.45, 7) is 6.32. The maximum atomic E-state index is 12.8. The van der Waals surface area contributed by atoms with Gasteiger partial charge in [0.25, 0.3) is 0 Å². The predicted octanol–water partition coefficient (Wildman–Crippen LogP) is 1.45. The van der Waals surface area contributed by atoms with E-state index < -0.39 is 6.10 Å². The standard InChI is InChI=1S/C19H29N5O3/c1-13-16(14(2)27-21-13)6-7-19(26)23-8-5-9-24-15(11-23)10-17(20-24)18(25)12-22(3)4/h10,18,25H,5-9,11-12H2,1-4H3/t18-/m1/s1. The first kappa shape index (κ1) is 19.6. The second-order valence-electron chi connectivity index (χ2n) is 7.53. The Bertz CT molecular complexity index is 776. The smallest absolute Gasteiger partial charge is 0.223 e. The quantitative estimate of drug-likeness (QED) is 0.822. The van der Waals surface area contributed by atoms with Crippen molar-refractivity contribution in [3.8, 4) is 0 Å².